The molecule has 1 fully saturated rings. The number of ether oxygens (including phenoxy) is 3. The molecular weight excluding hydrogens is 434 g/mol. The predicted octanol–water partition coefficient (Wildman–Crippen LogP) is 4.28. The van der Waals surface area contributed by atoms with Crippen molar-refractivity contribution in [1.82, 2.24) is 4.90 Å². The number of aliphatic hydroxyl groups is 1. The average molecular weight is 466 g/mol. The molecule has 1 heterocycles. The van der Waals surface area contributed by atoms with Crippen molar-refractivity contribution in [2.45, 2.75) is 31.2 Å². The number of benzene rings is 3. The Kier molecular flexibility index (Phi) is 8.00. The van der Waals surface area contributed by atoms with Gasteiger partial charge in [-0.2, -0.15) is 0 Å². The Bertz CT molecular complexity index is 1090. The highest BCUT2D eigenvalue weighted by Gasteiger charge is 2.33. The number of rotatable bonds is 9. The third kappa shape index (κ3) is 6.05. The van der Waals surface area contributed by atoms with E-state index in [0.29, 0.717) is 31.9 Å². The van der Waals surface area contributed by atoms with E-state index in [0.717, 1.165) is 16.5 Å². The first-order valence-electron chi connectivity index (χ1n) is 11.5. The van der Waals surface area contributed by atoms with Gasteiger partial charge < -0.3 is 29.3 Å². The molecule has 180 valence electrons. The summed E-state index contributed by atoms with van der Waals surface area (Å²) in [4.78, 5) is 13.0. The van der Waals surface area contributed by atoms with E-state index in [9.17, 15) is 15.0 Å². The van der Waals surface area contributed by atoms with Crippen molar-refractivity contribution in [3.05, 3.63) is 77.9 Å². The van der Waals surface area contributed by atoms with Crippen molar-refractivity contribution < 1.29 is 29.2 Å². The molecule has 0 saturated carbocycles. The second-order valence-corrected chi connectivity index (χ2v) is 8.64. The highest BCUT2D eigenvalue weighted by atomic mass is 16.5. The summed E-state index contributed by atoms with van der Waals surface area (Å²) in [5.41, 5.74) is 2.14. The van der Waals surface area contributed by atoms with Crippen LogP contribution in [0.1, 0.15) is 23.5 Å². The van der Waals surface area contributed by atoms with Gasteiger partial charge in [0.25, 0.3) is 0 Å². The zero-order valence-corrected chi connectivity index (χ0v) is 19.3. The summed E-state index contributed by atoms with van der Waals surface area (Å²) in [6.45, 7) is 1.59. The zero-order chi connectivity index (χ0) is 23.9. The normalized spacial score (nSPS) is 19.2. The van der Waals surface area contributed by atoms with Crippen molar-refractivity contribution in [3.8, 4) is 5.75 Å². The lowest BCUT2D eigenvalue weighted by molar-refractivity contribution is -0.0199. The molecule has 2 N–H and O–H groups in total. The van der Waals surface area contributed by atoms with E-state index in [1.54, 1.807) is 0 Å². The van der Waals surface area contributed by atoms with Gasteiger partial charge in [0, 0.05) is 19.6 Å². The third-order valence-corrected chi connectivity index (χ3v) is 6.22. The number of hydrogen-bond acceptors (Lipinski definition) is 5. The number of likely N-dealkylation sites (tertiary alicyclic amines) is 1. The van der Waals surface area contributed by atoms with Crippen molar-refractivity contribution in [1.29, 1.82) is 0 Å². The van der Waals surface area contributed by atoms with Gasteiger partial charge in [-0.15, -0.1) is 0 Å². The minimum atomic E-state index is -0.920. The van der Waals surface area contributed by atoms with Gasteiger partial charge in [0.1, 0.15) is 18.5 Å². The predicted molar refractivity (Wildman–Crippen MR) is 129 cm³/mol. The Hall–Kier alpha value is -3.13. The van der Waals surface area contributed by atoms with Crippen LogP contribution in [0.25, 0.3) is 10.8 Å². The Morgan fingerprint density at radius 1 is 1.06 bits per heavy atom. The van der Waals surface area contributed by atoms with Gasteiger partial charge in [-0.3, -0.25) is 0 Å². The molecule has 1 saturated heterocycles. The molecule has 0 spiro atoms. The second-order valence-electron chi connectivity index (χ2n) is 8.64. The van der Waals surface area contributed by atoms with Gasteiger partial charge >= 0.3 is 6.09 Å². The standard InChI is InChI=1S/C27H31NO6/c1-32-17-23(29)18-33-24-10-8-21(9-11-24)25-12-13-28(27(30)31)15-26(25)34-16-19-6-7-20-4-2-3-5-22(20)14-19/h2-11,14,23,25-26,29H,12-13,15-18H2,1H3,(H,30,31). The molecule has 7 nitrogen and oxygen atoms in total. The van der Waals surface area contributed by atoms with Crippen LogP contribution in [0, 0.1) is 0 Å². The van der Waals surface area contributed by atoms with E-state index < -0.39 is 12.2 Å². The first-order valence-corrected chi connectivity index (χ1v) is 11.5. The number of nitrogens with zero attached hydrogens (tertiary/aromatic N) is 1. The molecule has 1 aliphatic heterocycles. The van der Waals surface area contributed by atoms with E-state index >= 15 is 0 Å². The molecule has 1 amide bonds. The van der Waals surface area contributed by atoms with Gasteiger partial charge in [-0.05, 0) is 46.5 Å². The van der Waals surface area contributed by atoms with Crippen LogP contribution >= 0.6 is 0 Å². The molecule has 34 heavy (non-hydrogen) atoms. The summed E-state index contributed by atoms with van der Waals surface area (Å²) >= 11 is 0. The molecule has 4 rings (SSSR count). The molecule has 3 unspecified atom stereocenters. The van der Waals surface area contributed by atoms with Crippen LogP contribution < -0.4 is 4.74 Å². The van der Waals surface area contributed by atoms with Gasteiger partial charge in [-0.1, -0.05) is 48.5 Å². The molecular formula is C27H31NO6. The maximum Gasteiger partial charge on any atom is 0.407 e. The average Bonchev–Trinajstić information content (AvgIpc) is 2.86. The van der Waals surface area contributed by atoms with Crippen LogP contribution in [0.15, 0.2) is 66.7 Å². The summed E-state index contributed by atoms with van der Waals surface area (Å²) in [7, 11) is 1.53. The van der Waals surface area contributed by atoms with Crippen molar-refractivity contribution >= 4 is 16.9 Å². The maximum absolute atomic E-state index is 11.6. The summed E-state index contributed by atoms with van der Waals surface area (Å²) in [5, 5.41) is 21.6. The molecule has 3 aromatic carbocycles. The van der Waals surface area contributed by atoms with Gasteiger partial charge in [0.05, 0.1) is 25.9 Å². The topological polar surface area (TPSA) is 88.5 Å². The SMILES string of the molecule is COCC(O)COc1ccc(C2CCN(C(=O)O)CC2OCc2ccc3ccccc3c2)cc1. The number of carbonyl (C=O) groups is 1. The maximum atomic E-state index is 11.6. The lowest BCUT2D eigenvalue weighted by Crippen LogP contribution is -2.46. The quantitative estimate of drug-likeness (QED) is 0.491. The van der Waals surface area contributed by atoms with Gasteiger partial charge in [-0.25, -0.2) is 4.79 Å². The third-order valence-electron chi connectivity index (χ3n) is 6.22. The highest BCUT2D eigenvalue weighted by Crippen LogP contribution is 2.32. The summed E-state index contributed by atoms with van der Waals surface area (Å²) in [5.74, 6) is 0.736. The van der Waals surface area contributed by atoms with Crippen LogP contribution in [0.4, 0.5) is 4.79 Å². The number of aliphatic hydroxyl groups excluding tert-OH is 1. The summed E-state index contributed by atoms with van der Waals surface area (Å²) in [6.07, 6.45) is -1.18. The summed E-state index contributed by atoms with van der Waals surface area (Å²) < 4.78 is 16.9. The van der Waals surface area contributed by atoms with E-state index in [2.05, 4.69) is 30.3 Å². The number of hydrogen-bond donors (Lipinski definition) is 2. The van der Waals surface area contributed by atoms with Crippen molar-refractivity contribution in [2.24, 2.45) is 0 Å². The lowest BCUT2D eigenvalue weighted by atomic mass is 9.87. The lowest BCUT2D eigenvalue weighted by Gasteiger charge is -2.37. The minimum absolute atomic E-state index is 0.0733. The van der Waals surface area contributed by atoms with Crippen LogP contribution in [-0.2, 0) is 16.1 Å². The number of fused-ring (bicyclic) bond motifs is 1. The molecule has 3 atom stereocenters. The number of amides is 1. The van der Waals surface area contributed by atoms with Crippen molar-refractivity contribution in [2.75, 3.05) is 33.4 Å². The fourth-order valence-corrected chi connectivity index (χ4v) is 4.42. The highest BCUT2D eigenvalue weighted by molar-refractivity contribution is 5.82. The van der Waals surface area contributed by atoms with Crippen LogP contribution in [0.5, 0.6) is 5.75 Å². The molecule has 7 heteroatoms. The molecule has 0 aliphatic carbocycles. The minimum Gasteiger partial charge on any atom is -0.491 e. The zero-order valence-electron chi connectivity index (χ0n) is 19.3. The smallest absolute Gasteiger partial charge is 0.407 e. The number of carboxylic acid groups (broad SMARTS) is 1. The van der Waals surface area contributed by atoms with Crippen LogP contribution in [0.3, 0.4) is 0 Å². The first-order chi connectivity index (χ1) is 16.5. The van der Waals surface area contributed by atoms with E-state index in [1.165, 1.54) is 17.4 Å². The van der Waals surface area contributed by atoms with Gasteiger partial charge in [0.2, 0.25) is 0 Å². The molecule has 0 radical (unpaired) electrons. The molecule has 0 bridgehead atoms. The Morgan fingerprint density at radius 3 is 2.56 bits per heavy atom. The Balaban J connectivity index is 1.44. The van der Waals surface area contributed by atoms with Crippen LogP contribution in [-0.4, -0.2) is 66.8 Å². The van der Waals surface area contributed by atoms with Crippen molar-refractivity contribution in [3.63, 3.8) is 0 Å². The second kappa shape index (κ2) is 11.3. The largest absolute Gasteiger partial charge is 0.491 e. The fraction of sp³-hybridized carbons (Fsp3) is 0.370. The molecule has 1 aliphatic rings. The monoisotopic (exact) mass is 465 g/mol. The van der Waals surface area contributed by atoms with E-state index in [4.69, 9.17) is 14.2 Å². The molecule has 0 aromatic heterocycles. The fourth-order valence-electron chi connectivity index (χ4n) is 4.42. The summed E-state index contributed by atoms with van der Waals surface area (Å²) in [6, 6.07) is 22.2. The van der Waals surface area contributed by atoms with E-state index in [-0.39, 0.29) is 25.2 Å². The number of methoxy groups -OCH3 is 1. The Morgan fingerprint density at radius 2 is 1.82 bits per heavy atom. The van der Waals surface area contributed by atoms with Crippen LogP contribution in [0.2, 0.25) is 0 Å². The van der Waals surface area contributed by atoms with Gasteiger partial charge in [0.15, 0.2) is 0 Å². The van der Waals surface area contributed by atoms with E-state index in [1.807, 2.05) is 36.4 Å². The number of piperidine rings is 1. The Labute approximate surface area is 199 Å². The molecule has 3 aromatic rings. The first kappa shape index (κ1) is 24.0.